The molecule has 0 aliphatic carbocycles. The van der Waals surface area contributed by atoms with E-state index in [1.807, 2.05) is 0 Å². The maximum Gasteiger partial charge on any atom is 0.236 e. The lowest BCUT2D eigenvalue weighted by Gasteiger charge is -2.14. The van der Waals surface area contributed by atoms with E-state index in [0.29, 0.717) is 11.8 Å². The quantitative estimate of drug-likeness (QED) is 0.791. The molecule has 0 radical (unpaired) electrons. The van der Waals surface area contributed by atoms with Gasteiger partial charge in [-0.3, -0.25) is 4.98 Å². The molecule has 4 nitrogen and oxygen atoms in total. The van der Waals surface area contributed by atoms with E-state index in [1.165, 1.54) is 0 Å². The van der Waals surface area contributed by atoms with Gasteiger partial charge in [-0.05, 0) is 12.3 Å². The number of ether oxygens (including phenoxy) is 1. The largest absolute Gasteiger partial charge is 0.480 e. The van der Waals surface area contributed by atoms with Crippen LogP contribution in [0.15, 0.2) is 12.4 Å². The van der Waals surface area contributed by atoms with E-state index in [9.17, 15) is 0 Å². The van der Waals surface area contributed by atoms with Gasteiger partial charge >= 0.3 is 0 Å². The number of nitrogens with zero attached hydrogens (tertiary/aromatic N) is 2. The normalized spacial score (nSPS) is 12.9. The van der Waals surface area contributed by atoms with Crippen molar-refractivity contribution < 1.29 is 4.74 Å². The second kappa shape index (κ2) is 4.91. The summed E-state index contributed by atoms with van der Waals surface area (Å²) in [5.74, 6) is 1.07. The summed E-state index contributed by atoms with van der Waals surface area (Å²) in [6, 6.07) is -0.0985. The van der Waals surface area contributed by atoms with Crippen molar-refractivity contribution >= 4 is 0 Å². The molecule has 0 aliphatic heterocycles. The van der Waals surface area contributed by atoms with Gasteiger partial charge in [0.2, 0.25) is 5.88 Å². The van der Waals surface area contributed by atoms with E-state index in [1.54, 1.807) is 19.5 Å². The number of nitrogens with two attached hydrogens (primary N) is 1. The highest BCUT2D eigenvalue weighted by atomic mass is 16.5. The van der Waals surface area contributed by atoms with Gasteiger partial charge in [-0.2, -0.15) is 0 Å². The van der Waals surface area contributed by atoms with Gasteiger partial charge in [-0.15, -0.1) is 0 Å². The molecule has 4 heteroatoms. The minimum atomic E-state index is -0.0985. The fourth-order valence-electron chi connectivity index (χ4n) is 1.37. The van der Waals surface area contributed by atoms with Crippen molar-refractivity contribution in [3.63, 3.8) is 0 Å². The average Bonchev–Trinajstić information content (AvgIpc) is 2.16. The molecule has 0 saturated carbocycles. The lowest BCUT2D eigenvalue weighted by atomic mass is 10.0. The van der Waals surface area contributed by atoms with E-state index >= 15 is 0 Å². The van der Waals surface area contributed by atoms with Crippen molar-refractivity contribution in [1.82, 2.24) is 9.97 Å². The van der Waals surface area contributed by atoms with Gasteiger partial charge in [0.25, 0.3) is 0 Å². The van der Waals surface area contributed by atoms with Crippen molar-refractivity contribution in [1.29, 1.82) is 0 Å². The first-order valence-electron chi connectivity index (χ1n) is 4.75. The van der Waals surface area contributed by atoms with Gasteiger partial charge in [0.1, 0.15) is 5.69 Å². The first kappa shape index (κ1) is 10.9. The number of rotatable bonds is 4. The van der Waals surface area contributed by atoms with E-state index in [4.69, 9.17) is 10.5 Å². The maximum atomic E-state index is 5.99. The van der Waals surface area contributed by atoms with E-state index < -0.39 is 0 Å². The lowest BCUT2D eigenvalue weighted by molar-refractivity contribution is 0.378. The van der Waals surface area contributed by atoms with Crippen molar-refractivity contribution in [3.8, 4) is 5.88 Å². The number of hydrogen-bond donors (Lipinski definition) is 1. The molecule has 0 spiro atoms. The molecular formula is C10H17N3O. The van der Waals surface area contributed by atoms with E-state index in [0.717, 1.165) is 12.1 Å². The maximum absolute atomic E-state index is 5.99. The zero-order chi connectivity index (χ0) is 10.6. The molecule has 1 heterocycles. The predicted octanol–water partition coefficient (Wildman–Crippen LogP) is 1.53. The summed E-state index contributed by atoms with van der Waals surface area (Å²) in [4.78, 5) is 8.25. The molecule has 78 valence electrons. The molecule has 0 bridgehead atoms. The number of methoxy groups -OCH3 is 1. The summed E-state index contributed by atoms with van der Waals surface area (Å²) in [7, 11) is 1.58. The number of hydrogen-bond acceptors (Lipinski definition) is 4. The van der Waals surface area contributed by atoms with E-state index in [-0.39, 0.29) is 6.04 Å². The molecule has 0 aliphatic rings. The molecule has 0 amide bonds. The summed E-state index contributed by atoms with van der Waals surface area (Å²) < 4.78 is 5.09. The first-order valence-corrected chi connectivity index (χ1v) is 4.75. The Labute approximate surface area is 84.5 Å². The van der Waals surface area contributed by atoms with Crippen LogP contribution in [0.5, 0.6) is 5.88 Å². The van der Waals surface area contributed by atoms with Crippen LogP contribution in [0.2, 0.25) is 0 Å². The molecule has 2 N–H and O–H groups in total. The fourth-order valence-corrected chi connectivity index (χ4v) is 1.37. The van der Waals surface area contributed by atoms with Crippen molar-refractivity contribution in [2.75, 3.05) is 7.11 Å². The summed E-state index contributed by atoms with van der Waals surface area (Å²) in [5.41, 5.74) is 6.73. The monoisotopic (exact) mass is 195 g/mol. The van der Waals surface area contributed by atoms with Crippen LogP contribution >= 0.6 is 0 Å². The molecule has 1 rings (SSSR count). The van der Waals surface area contributed by atoms with Crippen LogP contribution in [-0.2, 0) is 0 Å². The van der Waals surface area contributed by atoms with Crippen LogP contribution in [0.1, 0.15) is 32.0 Å². The van der Waals surface area contributed by atoms with Crippen LogP contribution in [-0.4, -0.2) is 17.1 Å². The lowest BCUT2D eigenvalue weighted by Crippen LogP contribution is -2.16. The molecule has 1 aromatic heterocycles. The van der Waals surface area contributed by atoms with Crippen LogP contribution in [0.4, 0.5) is 0 Å². The molecule has 0 saturated heterocycles. The van der Waals surface area contributed by atoms with Crippen LogP contribution in [0.3, 0.4) is 0 Å². The van der Waals surface area contributed by atoms with E-state index in [2.05, 4.69) is 23.8 Å². The third kappa shape index (κ3) is 2.67. The Kier molecular flexibility index (Phi) is 3.83. The Hall–Kier alpha value is -1.16. The first-order chi connectivity index (χ1) is 6.65. The van der Waals surface area contributed by atoms with Gasteiger partial charge < -0.3 is 10.5 Å². The molecule has 0 fully saturated rings. The Balaban J connectivity index is 2.82. The van der Waals surface area contributed by atoms with Crippen molar-refractivity contribution in [3.05, 3.63) is 18.1 Å². The third-order valence-electron chi connectivity index (χ3n) is 1.96. The smallest absolute Gasteiger partial charge is 0.236 e. The second-order valence-corrected chi connectivity index (χ2v) is 3.69. The average molecular weight is 195 g/mol. The SMILES string of the molecule is COc1nccnc1C(N)CC(C)C. The zero-order valence-electron chi connectivity index (χ0n) is 8.90. The topological polar surface area (TPSA) is 61.0 Å². The fraction of sp³-hybridized carbons (Fsp3) is 0.600. The Morgan fingerprint density at radius 2 is 2.00 bits per heavy atom. The summed E-state index contributed by atoms with van der Waals surface area (Å²) in [5, 5.41) is 0. The van der Waals surface area contributed by atoms with Crippen molar-refractivity contribution in [2.45, 2.75) is 26.3 Å². The van der Waals surface area contributed by atoms with Crippen LogP contribution in [0, 0.1) is 5.92 Å². The third-order valence-corrected chi connectivity index (χ3v) is 1.96. The summed E-state index contributed by atoms with van der Waals surface area (Å²) in [6.07, 6.45) is 4.12. The van der Waals surface area contributed by atoms with Gasteiger partial charge in [-0.25, -0.2) is 4.98 Å². The predicted molar refractivity (Wildman–Crippen MR) is 55.0 cm³/mol. The Bertz CT molecular complexity index is 288. The van der Waals surface area contributed by atoms with Gasteiger partial charge in [-0.1, -0.05) is 13.8 Å². The highest BCUT2D eigenvalue weighted by Gasteiger charge is 2.15. The zero-order valence-corrected chi connectivity index (χ0v) is 8.90. The van der Waals surface area contributed by atoms with Crippen LogP contribution in [0.25, 0.3) is 0 Å². The Morgan fingerprint density at radius 3 is 2.57 bits per heavy atom. The molecule has 1 unspecified atom stereocenters. The van der Waals surface area contributed by atoms with Gasteiger partial charge in [0, 0.05) is 12.4 Å². The second-order valence-electron chi connectivity index (χ2n) is 3.69. The molecule has 0 aromatic carbocycles. The number of aromatic nitrogens is 2. The molecule has 1 aromatic rings. The van der Waals surface area contributed by atoms with Gasteiger partial charge in [0.05, 0.1) is 13.2 Å². The summed E-state index contributed by atoms with van der Waals surface area (Å²) >= 11 is 0. The van der Waals surface area contributed by atoms with Crippen molar-refractivity contribution in [2.24, 2.45) is 11.7 Å². The van der Waals surface area contributed by atoms with Crippen LogP contribution < -0.4 is 10.5 Å². The molecule has 1 atom stereocenters. The summed E-state index contributed by atoms with van der Waals surface area (Å²) in [6.45, 7) is 4.26. The minimum absolute atomic E-state index is 0.0985. The minimum Gasteiger partial charge on any atom is -0.480 e. The standard InChI is InChI=1S/C10H17N3O/c1-7(2)6-8(11)9-10(14-3)13-5-4-12-9/h4-5,7-8H,6,11H2,1-3H3. The Morgan fingerprint density at radius 1 is 1.36 bits per heavy atom. The molecule has 14 heavy (non-hydrogen) atoms. The highest BCUT2D eigenvalue weighted by Crippen LogP contribution is 2.22. The molecular weight excluding hydrogens is 178 g/mol. The highest BCUT2D eigenvalue weighted by molar-refractivity contribution is 5.20. The van der Waals surface area contributed by atoms with Gasteiger partial charge in [0.15, 0.2) is 0 Å².